The van der Waals surface area contributed by atoms with Gasteiger partial charge in [0, 0.05) is 38.2 Å². The zero-order chi connectivity index (χ0) is 27.6. The van der Waals surface area contributed by atoms with Crippen molar-refractivity contribution in [2.75, 3.05) is 0 Å². The van der Waals surface area contributed by atoms with Crippen molar-refractivity contribution >= 4 is 54.4 Å². The van der Waals surface area contributed by atoms with Gasteiger partial charge in [0.05, 0.1) is 27.8 Å². The third-order valence-electron chi connectivity index (χ3n) is 8.41. The molecule has 0 spiro atoms. The Morgan fingerprint density at radius 1 is 0.405 bits per heavy atom. The smallest absolute Gasteiger partial charge is 0.160 e. The molecule has 0 bridgehead atoms. The molecule has 0 unspecified atom stereocenters. The lowest BCUT2D eigenvalue weighted by Crippen LogP contribution is -2.00. The maximum atomic E-state index is 4.72. The van der Waals surface area contributed by atoms with Gasteiger partial charge in [-0.15, -0.1) is 10.2 Å². The van der Waals surface area contributed by atoms with Gasteiger partial charge in [0.25, 0.3) is 0 Å². The molecule has 0 aliphatic carbocycles. The Hall–Kier alpha value is -5.74. The molecular weight excluding hydrogens is 512 g/mol. The molecule has 0 N–H and O–H groups in total. The SMILES string of the molecule is c1ccc(-c2ccc(-n3c4ccccc4c4cc5c(ccc6c7ccccc7n(-c7ccccc7)c56)cc43)nn2)cc1. The van der Waals surface area contributed by atoms with Crippen molar-refractivity contribution in [3.63, 3.8) is 0 Å². The van der Waals surface area contributed by atoms with Crippen LogP contribution >= 0.6 is 0 Å². The zero-order valence-electron chi connectivity index (χ0n) is 22.6. The summed E-state index contributed by atoms with van der Waals surface area (Å²) in [5, 5.41) is 16.7. The number of hydrogen-bond acceptors (Lipinski definition) is 2. The molecule has 6 aromatic carbocycles. The molecule has 42 heavy (non-hydrogen) atoms. The lowest BCUT2D eigenvalue weighted by molar-refractivity contribution is 0.958. The van der Waals surface area contributed by atoms with Crippen molar-refractivity contribution in [1.29, 1.82) is 0 Å². The minimum absolute atomic E-state index is 0.805. The van der Waals surface area contributed by atoms with Crippen molar-refractivity contribution in [2.24, 2.45) is 0 Å². The van der Waals surface area contributed by atoms with E-state index >= 15 is 0 Å². The molecule has 3 aromatic heterocycles. The number of nitrogens with zero attached hydrogens (tertiary/aromatic N) is 4. The van der Waals surface area contributed by atoms with Gasteiger partial charge >= 0.3 is 0 Å². The maximum Gasteiger partial charge on any atom is 0.160 e. The van der Waals surface area contributed by atoms with E-state index < -0.39 is 0 Å². The Morgan fingerprint density at radius 3 is 1.81 bits per heavy atom. The number of para-hydroxylation sites is 3. The summed E-state index contributed by atoms with van der Waals surface area (Å²) in [5.41, 5.74) is 7.75. The van der Waals surface area contributed by atoms with Crippen LogP contribution in [0, 0.1) is 0 Å². The van der Waals surface area contributed by atoms with Crippen LogP contribution in [0.4, 0.5) is 0 Å². The quantitative estimate of drug-likeness (QED) is 0.225. The van der Waals surface area contributed by atoms with Gasteiger partial charge in [-0.05, 0) is 53.9 Å². The van der Waals surface area contributed by atoms with E-state index in [1.165, 1.54) is 43.4 Å². The van der Waals surface area contributed by atoms with Crippen molar-refractivity contribution in [3.05, 3.63) is 146 Å². The molecule has 0 fully saturated rings. The lowest BCUT2D eigenvalue weighted by atomic mass is 10.0. The summed E-state index contributed by atoms with van der Waals surface area (Å²) in [5.74, 6) is 0.805. The first kappa shape index (κ1) is 23.0. The van der Waals surface area contributed by atoms with Crippen LogP contribution in [0.1, 0.15) is 0 Å². The molecule has 3 heterocycles. The average Bonchev–Trinajstić information content (AvgIpc) is 3.57. The van der Waals surface area contributed by atoms with Gasteiger partial charge in [0.1, 0.15) is 0 Å². The Bertz CT molecular complexity index is 2430. The third kappa shape index (κ3) is 3.29. The van der Waals surface area contributed by atoms with Crippen LogP contribution in [0.25, 0.3) is 77.1 Å². The molecule has 0 amide bonds. The minimum atomic E-state index is 0.805. The van der Waals surface area contributed by atoms with Gasteiger partial charge in [-0.2, -0.15) is 0 Å². The van der Waals surface area contributed by atoms with Crippen molar-refractivity contribution < 1.29 is 0 Å². The predicted molar refractivity (Wildman–Crippen MR) is 174 cm³/mol. The van der Waals surface area contributed by atoms with Gasteiger partial charge in [-0.25, -0.2) is 0 Å². The van der Waals surface area contributed by atoms with Gasteiger partial charge in [-0.3, -0.25) is 4.57 Å². The molecule has 0 radical (unpaired) electrons. The van der Waals surface area contributed by atoms with Crippen molar-refractivity contribution in [3.8, 4) is 22.8 Å². The first-order valence-corrected chi connectivity index (χ1v) is 14.2. The Kier molecular flexibility index (Phi) is 4.87. The first-order chi connectivity index (χ1) is 20.8. The second-order valence-electron chi connectivity index (χ2n) is 10.7. The van der Waals surface area contributed by atoms with Crippen LogP contribution in [-0.4, -0.2) is 19.3 Å². The fourth-order valence-electron chi connectivity index (χ4n) is 6.55. The molecule has 196 valence electrons. The highest BCUT2D eigenvalue weighted by molar-refractivity contribution is 6.22. The van der Waals surface area contributed by atoms with E-state index in [1.54, 1.807) is 0 Å². The average molecular weight is 537 g/mol. The van der Waals surface area contributed by atoms with Crippen LogP contribution in [0.2, 0.25) is 0 Å². The molecule has 0 atom stereocenters. The van der Waals surface area contributed by atoms with E-state index in [1.807, 2.05) is 18.2 Å². The molecule has 0 aliphatic rings. The van der Waals surface area contributed by atoms with E-state index in [9.17, 15) is 0 Å². The summed E-state index contributed by atoms with van der Waals surface area (Å²) in [6.07, 6.45) is 0. The second kappa shape index (κ2) is 8.88. The normalized spacial score (nSPS) is 11.8. The highest BCUT2D eigenvalue weighted by Crippen LogP contribution is 2.40. The number of benzene rings is 6. The summed E-state index contributed by atoms with van der Waals surface area (Å²) in [6, 6.07) is 51.5. The lowest BCUT2D eigenvalue weighted by Gasteiger charge is -2.11. The summed E-state index contributed by atoms with van der Waals surface area (Å²) < 4.78 is 4.65. The monoisotopic (exact) mass is 536 g/mol. The molecule has 9 aromatic rings. The molecule has 0 saturated heterocycles. The molecule has 4 nitrogen and oxygen atoms in total. The number of fused-ring (bicyclic) bond motifs is 8. The van der Waals surface area contributed by atoms with Gasteiger partial charge in [0.15, 0.2) is 5.82 Å². The number of rotatable bonds is 3. The number of hydrogen-bond donors (Lipinski definition) is 0. The third-order valence-corrected chi connectivity index (χ3v) is 8.41. The summed E-state index contributed by atoms with van der Waals surface area (Å²) in [4.78, 5) is 0. The highest BCUT2D eigenvalue weighted by atomic mass is 15.2. The molecular formula is C38H24N4. The van der Waals surface area contributed by atoms with Crippen LogP contribution < -0.4 is 0 Å². The standard InChI is InChI=1S/C38H24N4/c1-3-11-25(12-4-1)33-21-22-37(40-39-33)42-35-18-10-8-16-29(35)32-24-31-26(23-36(32)42)19-20-30-28-15-7-9-17-34(28)41(38(30)31)27-13-5-2-6-14-27/h1-24H. The van der Waals surface area contributed by atoms with E-state index in [2.05, 4.69) is 142 Å². The van der Waals surface area contributed by atoms with E-state index in [4.69, 9.17) is 5.10 Å². The number of aromatic nitrogens is 4. The minimum Gasteiger partial charge on any atom is -0.309 e. The largest absolute Gasteiger partial charge is 0.309 e. The summed E-state index contributed by atoms with van der Waals surface area (Å²) >= 11 is 0. The molecule has 0 aliphatic heterocycles. The van der Waals surface area contributed by atoms with Crippen LogP contribution in [0.3, 0.4) is 0 Å². The fraction of sp³-hybridized carbons (Fsp3) is 0. The highest BCUT2D eigenvalue weighted by Gasteiger charge is 2.19. The molecule has 4 heteroatoms. The van der Waals surface area contributed by atoms with E-state index in [-0.39, 0.29) is 0 Å². The van der Waals surface area contributed by atoms with Gasteiger partial charge in [0.2, 0.25) is 0 Å². The topological polar surface area (TPSA) is 35.6 Å². The van der Waals surface area contributed by atoms with Crippen LogP contribution in [0.15, 0.2) is 146 Å². The summed E-state index contributed by atoms with van der Waals surface area (Å²) in [6.45, 7) is 0. The maximum absolute atomic E-state index is 4.72. The zero-order valence-corrected chi connectivity index (χ0v) is 22.6. The first-order valence-electron chi connectivity index (χ1n) is 14.2. The van der Waals surface area contributed by atoms with E-state index in [0.29, 0.717) is 0 Å². The predicted octanol–water partition coefficient (Wildman–Crippen LogP) is 9.49. The molecule has 9 rings (SSSR count). The Labute approximate surface area is 241 Å². The van der Waals surface area contributed by atoms with Gasteiger partial charge < -0.3 is 4.57 Å². The second-order valence-corrected chi connectivity index (χ2v) is 10.7. The van der Waals surface area contributed by atoms with E-state index in [0.717, 1.165) is 33.8 Å². The van der Waals surface area contributed by atoms with Crippen LogP contribution in [0.5, 0.6) is 0 Å². The fourth-order valence-corrected chi connectivity index (χ4v) is 6.55. The summed E-state index contributed by atoms with van der Waals surface area (Å²) in [7, 11) is 0. The molecule has 0 saturated carbocycles. The van der Waals surface area contributed by atoms with Crippen molar-refractivity contribution in [1.82, 2.24) is 19.3 Å². The Balaban J connectivity index is 1.36. The van der Waals surface area contributed by atoms with Crippen molar-refractivity contribution in [2.45, 2.75) is 0 Å². The van der Waals surface area contributed by atoms with Gasteiger partial charge in [-0.1, -0.05) is 97.1 Å². The van der Waals surface area contributed by atoms with Crippen LogP contribution in [-0.2, 0) is 0 Å². The Morgan fingerprint density at radius 2 is 1.07 bits per heavy atom.